The van der Waals surface area contributed by atoms with Crippen LogP contribution in [0.2, 0.25) is 0 Å². The molecule has 0 aliphatic heterocycles. The molecule has 1 aromatic heterocycles. The normalized spacial score (nSPS) is 10.2. The van der Waals surface area contributed by atoms with Crippen LogP contribution in [0.4, 0.5) is 5.95 Å². The maximum atomic E-state index is 12.1. The van der Waals surface area contributed by atoms with Crippen LogP contribution < -0.4 is 15.4 Å². The lowest BCUT2D eigenvalue weighted by Gasteiger charge is -2.10. The molecule has 1 aromatic carbocycles. The SMILES string of the molecule is CCCCCNC(=O)c1ccnc(NCc2ccccc2OC)n1. The minimum Gasteiger partial charge on any atom is -0.496 e. The van der Waals surface area contributed by atoms with Crippen molar-refractivity contribution in [2.75, 3.05) is 19.0 Å². The predicted octanol–water partition coefficient (Wildman–Crippen LogP) is 3.02. The lowest BCUT2D eigenvalue weighted by molar-refractivity contribution is 0.0948. The van der Waals surface area contributed by atoms with E-state index in [0.29, 0.717) is 24.7 Å². The average molecular weight is 328 g/mol. The van der Waals surface area contributed by atoms with Crippen molar-refractivity contribution in [1.29, 1.82) is 0 Å². The number of nitrogens with one attached hydrogen (secondary N) is 2. The summed E-state index contributed by atoms with van der Waals surface area (Å²) in [5, 5.41) is 6.00. The molecule has 0 saturated carbocycles. The van der Waals surface area contributed by atoms with E-state index < -0.39 is 0 Å². The fraction of sp³-hybridized carbons (Fsp3) is 0.389. The Hall–Kier alpha value is -2.63. The third-order valence-electron chi connectivity index (χ3n) is 3.58. The fourth-order valence-electron chi connectivity index (χ4n) is 2.26. The van der Waals surface area contributed by atoms with Crippen LogP contribution in [-0.2, 0) is 6.54 Å². The van der Waals surface area contributed by atoms with Crippen LogP contribution in [0.15, 0.2) is 36.5 Å². The molecule has 24 heavy (non-hydrogen) atoms. The number of benzene rings is 1. The van der Waals surface area contributed by atoms with E-state index in [1.807, 2.05) is 24.3 Å². The van der Waals surface area contributed by atoms with Gasteiger partial charge in [0.2, 0.25) is 5.95 Å². The van der Waals surface area contributed by atoms with E-state index in [1.165, 1.54) is 0 Å². The molecular formula is C18H24N4O2. The molecule has 1 heterocycles. The summed E-state index contributed by atoms with van der Waals surface area (Å²) in [6.45, 7) is 3.32. The number of anilines is 1. The standard InChI is InChI=1S/C18H24N4O2/c1-3-4-7-11-19-17(23)15-10-12-20-18(22-15)21-13-14-8-5-6-9-16(14)24-2/h5-6,8-10,12H,3-4,7,11,13H2,1-2H3,(H,19,23)(H,20,21,22). The van der Waals surface area contributed by atoms with Crippen molar-refractivity contribution in [3.63, 3.8) is 0 Å². The summed E-state index contributed by atoms with van der Waals surface area (Å²) in [5.41, 5.74) is 1.36. The second kappa shape index (κ2) is 9.50. The van der Waals surface area contributed by atoms with Gasteiger partial charge in [0, 0.05) is 24.8 Å². The molecule has 0 atom stereocenters. The highest BCUT2D eigenvalue weighted by atomic mass is 16.5. The summed E-state index contributed by atoms with van der Waals surface area (Å²) in [5.74, 6) is 1.05. The minimum absolute atomic E-state index is 0.172. The maximum Gasteiger partial charge on any atom is 0.270 e. The quantitative estimate of drug-likeness (QED) is 0.692. The monoisotopic (exact) mass is 328 g/mol. The van der Waals surface area contributed by atoms with E-state index in [9.17, 15) is 4.79 Å². The van der Waals surface area contributed by atoms with E-state index in [0.717, 1.165) is 30.6 Å². The van der Waals surface area contributed by atoms with Crippen LogP contribution in [0.5, 0.6) is 5.75 Å². The number of hydrogen-bond donors (Lipinski definition) is 2. The number of rotatable bonds is 9. The van der Waals surface area contributed by atoms with Crippen molar-refractivity contribution in [3.8, 4) is 5.75 Å². The van der Waals surface area contributed by atoms with E-state index in [2.05, 4.69) is 27.5 Å². The van der Waals surface area contributed by atoms with Gasteiger partial charge in [-0.25, -0.2) is 9.97 Å². The second-order valence-electron chi connectivity index (χ2n) is 5.39. The molecule has 128 valence electrons. The van der Waals surface area contributed by atoms with E-state index in [4.69, 9.17) is 4.74 Å². The Bertz CT molecular complexity index is 661. The number of amides is 1. The van der Waals surface area contributed by atoms with Gasteiger partial charge in [-0.3, -0.25) is 4.79 Å². The molecular weight excluding hydrogens is 304 g/mol. The molecule has 2 aromatic rings. The molecule has 0 spiro atoms. The molecule has 0 fully saturated rings. The molecule has 0 aliphatic carbocycles. The topological polar surface area (TPSA) is 76.1 Å². The number of nitrogens with zero attached hydrogens (tertiary/aromatic N) is 2. The van der Waals surface area contributed by atoms with Gasteiger partial charge in [-0.05, 0) is 18.6 Å². The number of para-hydroxylation sites is 1. The molecule has 6 nitrogen and oxygen atoms in total. The Morgan fingerprint density at radius 1 is 1.21 bits per heavy atom. The number of carbonyl (C=O) groups excluding carboxylic acids is 1. The third-order valence-corrected chi connectivity index (χ3v) is 3.58. The number of aromatic nitrogens is 2. The molecule has 0 unspecified atom stereocenters. The van der Waals surface area contributed by atoms with Crippen molar-refractivity contribution < 1.29 is 9.53 Å². The Morgan fingerprint density at radius 2 is 2.04 bits per heavy atom. The molecule has 0 saturated heterocycles. The van der Waals surface area contributed by atoms with Gasteiger partial charge in [0.1, 0.15) is 11.4 Å². The summed E-state index contributed by atoms with van der Waals surface area (Å²) in [7, 11) is 1.64. The molecule has 0 radical (unpaired) electrons. The zero-order valence-corrected chi connectivity index (χ0v) is 14.2. The van der Waals surface area contributed by atoms with Gasteiger partial charge in [-0.1, -0.05) is 38.0 Å². The third kappa shape index (κ3) is 5.22. The van der Waals surface area contributed by atoms with Gasteiger partial charge in [0.15, 0.2) is 0 Å². The summed E-state index contributed by atoms with van der Waals surface area (Å²) < 4.78 is 5.31. The summed E-state index contributed by atoms with van der Waals surface area (Å²) >= 11 is 0. The second-order valence-corrected chi connectivity index (χ2v) is 5.39. The Morgan fingerprint density at radius 3 is 2.83 bits per heavy atom. The van der Waals surface area contributed by atoms with Crippen LogP contribution in [0.25, 0.3) is 0 Å². The first-order valence-electron chi connectivity index (χ1n) is 8.21. The maximum absolute atomic E-state index is 12.1. The van der Waals surface area contributed by atoms with Crippen LogP contribution in [-0.4, -0.2) is 29.5 Å². The van der Waals surface area contributed by atoms with Gasteiger partial charge in [-0.15, -0.1) is 0 Å². The summed E-state index contributed by atoms with van der Waals surface area (Å²) in [6, 6.07) is 9.35. The van der Waals surface area contributed by atoms with Crippen molar-refractivity contribution >= 4 is 11.9 Å². The van der Waals surface area contributed by atoms with Crippen molar-refractivity contribution in [2.24, 2.45) is 0 Å². The Balaban J connectivity index is 1.93. The van der Waals surface area contributed by atoms with E-state index >= 15 is 0 Å². The van der Waals surface area contributed by atoms with Crippen LogP contribution in [0.1, 0.15) is 42.2 Å². The highest BCUT2D eigenvalue weighted by Gasteiger charge is 2.08. The van der Waals surface area contributed by atoms with Crippen LogP contribution in [0.3, 0.4) is 0 Å². The number of methoxy groups -OCH3 is 1. The predicted molar refractivity (Wildman–Crippen MR) is 94.2 cm³/mol. The van der Waals surface area contributed by atoms with Gasteiger partial charge in [0.25, 0.3) is 5.91 Å². The van der Waals surface area contributed by atoms with Crippen LogP contribution >= 0.6 is 0 Å². The first kappa shape index (κ1) is 17.7. The first-order chi connectivity index (χ1) is 11.7. The molecule has 6 heteroatoms. The lowest BCUT2D eigenvalue weighted by atomic mass is 10.2. The van der Waals surface area contributed by atoms with Crippen molar-refractivity contribution in [1.82, 2.24) is 15.3 Å². The molecule has 1 amide bonds. The van der Waals surface area contributed by atoms with Gasteiger partial charge in [0.05, 0.1) is 7.11 Å². The molecule has 2 N–H and O–H groups in total. The number of hydrogen-bond acceptors (Lipinski definition) is 5. The highest BCUT2D eigenvalue weighted by molar-refractivity contribution is 5.92. The molecule has 0 aliphatic rings. The minimum atomic E-state index is -0.172. The summed E-state index contributed by atoms with van der Waals surface area (Å²) in [6.07, 6.45) is 4.79. The Labute approximate surface area is 142 Å². The first-order valence-corrected chi connectivity index (χ1v) is 8.21. The zero-order chi connectivity index (χ0) is 17.2. The zero-order valence-electron chi connectivity index (χ0n) is 14.2. The average Bonchev–Trinajstić information content (AvgIpc) is 2.64. The smallest absolute Gasteiger partial charge is 0.270 e. The van der Waals surface area contributed by atoms with Gasteiger partial charge in [-0.2, -0.15) is 0 Å². The van der Waals surface area contributed by atoms with Crippen molar-refractivity contribution in [3.05, 3.63) is 47.8 Å². The van der Waals surface area contributed by atoms with E-state index in [-0.39, 0.29) is 5.91 Å². The number of unbranched alkanes of at least 4 members (excludes halogenated alkanes) is 2. The highest BCUT2D eigenvalue weighted by Crippen LogP contribution is 2.18. The van der Waals surface area contributed by atoms with Gasteiger partial charge >= 0.3 is 0 Å². The number of ether oxygens (including phenoxy) is 1. The largest absolute Gasteiger partial charge is 0.496 e. The molecule has 0 bridgehead atoms. The lowest BCUT2D eigenvalue weighted by Crippen LogP contribution is -2.25. The Kier molecular flexibility index (Phi) is 7.01. The van der Waals surface area contributed by atoms with Crippen molar-refractivity contribution in [2.45, 2.75) is 32.7 Å². The molecule has 2 rings (SSSR count). The van der Waals surface area contributed by atoms with E-state index in [1.54, 1.807) is 19.4 Å². The summed E-state index contributed by atoms with van der Waals surface area (Å²) in [4.78, 5) is 20.5. The number of carbonyl (C=O) groups is 1. The van der Waals surface area contributed by atoms with Gasteiger partial charge < -0.3 is 15.4 Å². The fourth-order valence-corrected chi connectivity index (χ4v) is 2.26. The van der Waals surface area contributed by atoms with Crippen LogP contribution in [0, 0.1) is 0 Å².